The SMILES string of the molecule is C.CCCC[n+]1cc2cccc(-c3cn(-c4ccc(N(C)C)cc4)nn3)n2c1. The average molecular weight is 378 g/mol. The van der Waals surface area contributed by atoms with E-state index in [0.29, 0.717) is 0 Å². The third-order valence-corrected chi connectivity index (χ3v) is 4.78. The van der Waals surface area contributed by atoms with Crippen LogP contribution in [-0.4, -0.2) is 33.5 Å². The number of hydrogen-bond donors (Lipinski definition) is 0. The Morgan fingerprint density at radius 1 is 1.07 bits per heavy atom. The van der Waals surface area contributed by atoms with E-state index in [9.17, 15) is 0 Å². The van der Waals surface area contributed by atoms with Gasteiger partial charge >= 0.3 is 0 Å². The number of aryl methyl sites for hydroxylation is 1. The van der Waals surface area contributed by atoms with Crippen molar-refractivity contribution in [3.63, 3.8) is 0 Å². The van der Waals surface area contributed by atoms with Gasteiger partial charge in [0.05, 0.1) is 18.4 Å². The first-order chi connectivity index (χ1) is 13.2. The summed E-state index contributed by atoms with van der Waals surface area (Å²) in [6, 6.07) is 14.6. The van der Waals surface area contributed by atoms with Crippen LogP contribution in [-0.2, 0) is 6.54 Å². The summed E-state index contributed by atoms with van der Waals surface area (Å²) < 4.78 is 6.24. The number of nitrogens with zero attached hydrogens (tertiary/aromatic N) is 6. The van der Waals surface area contributed by atoms with Gasteiger partial charge in [0.25, 0.3) is 0 Å². The van der Waals surface area contributed by atoms with E-state index in [1.165, 1.54) is 12.8 Å². The van der Waals surface area contributed by atoms with Crippen molar-refractivity contribution < 1.29 is 4.57 Å². The van der Waals surface area contributed by atoms with Crippen LogP contribution in [0.5, 0.6) is 0 Å². The van der Waals surface area contributed by atoms with Crippen LogP contribution in [0.3, 0.4) is 0 Å². The number of fused-ring (bicyclic) bond motifs is 1. The van der Waals surface area contributed by atoms with Gasteiger partial charge in [-0.2, -0.15) is 4.40 Å². The zero-order valence-electron chi connectivity index (χ0n) is 16.1. The van der Waals surface area contributed by atoms with E-state index in [-0.39, 0.29) is 7.43 Å². The minimum Gasteiger partial charge on any atom is -0.378 e. The second-order valence-corrected chi connectivity index (χ2v) is 7.00. The van der Waals surface area contributed by atoms with Crippen LogP contribution in [0.2, 0.25) is 0 Å². The molecule has 0 aliphatic rings. The highest BCUT2D eigenvalue weighted by molar-refractivity contribution is 5.60. The van der Waals surface area contributed by atoms with Crippen LogP contribution in [0.15, 0.2) is 61.2 Å². The minimum absolute atomic E-state index is 0. The summed E-state index contributed by atoms with van der Waals surface area (Å²) in [7, 11) is 4.07. The van der Waals surface area contributed by atoms with Gasteiger partial charge in [0.1, 0.15) is 6.20 Å². The summed E-state index contributed by atoms with van der Waals surface area (Å²) in [5.41, 5.74) is 5.22. The van der Waals surface area contributed by atoms with Gasteiger partial charge in [-0.3, -0.25) is 0 Å². The monoisotopic (exact) mass is 377 g/mol. The Labute approximate surface area is 166 Å². The predicted octanol–water partition coefficient (Wildman–Crippen LogP) is 3.98. The van der Waals surface area contributed by atoms with Crippen molar-refractivity contribution in [3.05, 3.63) is 61.2 Å². The molecule has 6 nitrogen and oxygen atoms in total. The maximum Gasteiger partial charge on any atom is 0.249 e. The van der Waals surface area contributed by atoms with Crippen LogP contribution >= 0.6 is 0 Å². The van der Waals surface area contributed by atoms with E-state index in [0.717, 1.165) is 34.8 Å². The predicted molar refractivity (Wildman–Crippen MR) is 114 cm³/mol. The molecule has 3 aromatic heterocycles. The molecule has 3 heterocycles. The average Bonchev–Trinajstić information content (AvgIpc) is 3.33. The van der Waals surface area contributed by atoms with Gasteiger partial charge in [-0.25, -0.2) is 9.25 Å². The number of benzene rings is 1. The maximum absolute atomic E-state index is 4.41. The van der Waals surface area contributed by atoms with Gasteiger partial charge in [0.15, 0.2) is 16.9 Å². The molecule has 0 radical (unpaired) electrons. The molecule has 6 heteroatoms. The number of pyridine rings is 1. The Morgan fingerprint density at radius 3 is 2.57 bits per heavy atom. The van der Waals surface area contributed by atoms with E-state index in [1.807, 2.05) is 25.0 Å². The summed E-state index contributed by atoms with van der Waals surface area (Å²) >= 11 is 0. The minimum atomic E-state index is 0. The highest BCUT2D eigenvalue weighted by Gasteiger charge is 2.15. The van der Waals surface area contributed by atoms with Crippen molar-refractivity contribution in [2.75, 3.05) is 19.0 Å². The number of rotatable bonds is 6. The molecule has 0 spiro atoms. The second kappa shape index (κ2) is 8.25. The first-order valence-electron chi connectivity index (χ1n) is 9.36. The Morgan fingerprint density at radius 2 is 1.86 bits per heavy atom. The van der Waals surface area contributed by atoms with Crippen LogP contribution in [0, 0.1) is 0 Å². The lowest BCUT2D eigenvalue weighted by molar-refractivity contribution is -0.695. The lowest BCUT2D eigenvalue weighted by atomic mass is 10.2. The summed E-state index contributed by atoms with van der Waals surface area (Å²) in [4.78, 5) is 2.08. The molecule has 0 saturated heterocycles. The van der Waals surface area contributed by atoms with E-state index in [1.54, 1.807) is 0 Å². The highest BCUT2D eigenvalue weighted by atomic mass is 15.4. The molecule has 0 amide bonds. The quantitative estimate of drug-likeness (QED) is 0.477. The molecule has 0 N–H and O–H groups in total. The summed E-state index contributed by atoms with van der Waals surface area (Å²) in [6.07, 6.45) is 8.67. The topological polar surface area (TPSA) is 42.2 Å². The molecule has 0 aliphatic carbocycles. The zero-order valence-corrected chi connectivity index (χ0v) is 16.1. The molecule has 1 aromatic carbocycles. The van der Waals surface area contributed by atoms with Gasteiger partial charge in [-0.05, 0) is 42.8 Å². The third kappa shape index (κ3) is 3.76. The molecule has 0 aliphatic heterocycles. The summed E-state index contributed by atoms with van der Waals surface area (Å²) in [5.74, 6) is 0. The van der Waals surface area contributed by atoms with Gasteiger partial charge in [-0.1, -0.05) is 32.1 Å². The Bertz CT molecular complexity index is 1040. The number of anilines is 1. The fourth-order valence-electron chi connectivity index (χ4n) is 3.21. The van der Waals surface area contributed by atoms with E-state index >= 15 is 0 Å². The van der Waals surface area contributed by atoms with Crippen LogP contribution in [0.4, 0.5) is 5.69 Å². The highest BCUT2D eigenvalue weighted by Crippen LogP contribution is 2.20. The van der Waals surface area contributed by atoms with Gasteiger partial charge in [-0.15, -0.1) is 5.10 Å². The van der Waals surface area contributed by atoms with Crippen molar-refractivity contribution in [1.29, 1.82) is 0 Å². The zero-order chi connectivity index (χ0) is 18.8. The van der Waals surface area contributed by atoms with Gasteiger partial charge in [0, 0.05) is 19.8 Å². The van der Waals surface area contributed by atoms with Crippen molar-refractivity contribution in [2.24, 2.45) is 0 Å². The first kappa shape index (κ1) is 19.6. The molecule has 146 valence electrons. The fourth-order valence-corrected chi connectivity index (χ4v) is 3.21. The maximum atomic E-state index is 4.41. The number of hydrogen-bond acceptors (Lipinski definition) is 3. The van der Waals surface area contributed by atoms with Crippen LogP contribution in [0.1, 0.15) is 27.2 Å². The molecule has 28 heavy (non-hydrogen) atoms. The molecular weight excluding hydrogens is 348 g/mol. The van der Waals surface area contributed by atoms with Crippen LogP contribution < -0.4 is 9.47 Å². The van der Waals surface area contributed by atoms with Crippen molar-refractivity contribution in [1.82, 2.24) is 19.4 Å². The largest absolute Gasteiger partial charge is 0.378 e. The normalized spacial score (nSPS) is 10.8. The lowest BCUT2D eigenvalue weighted by Crippen LogP contribution is -2.30. The smallest absolute Gasteiger partial charge is 0.249 e. The summed E-state index contributed by atoms with van der Waals surface area (Å²) in [5, 5.41) is 8.75. The second-order valence-electron chi connectivity index (χ2n) is 7.00. The van der Waals surface area contributed by atoms with Crippen molar-refractivity contribution >= 4 is 11.2 Å². The van der Waals surface area contributed by atoms with E-state index < -0.39 is 0 Å². The Balaban J connectivity index is 0.00000225. The van der Waals surface area contributed by atoms with E-state index in [2.05, 4.69) is 86.1 Å². The molecule has 0 bridgehead atoms. The summed E-state index contributed by atoms with van der Waals surface area (Å²) in [6.45, 7) is 3.24. The lowest BCUT2D eigenvalue weighted by Gasteiger charge is -2.12. The Kier molecular flexibility index (Phi) is 5.78. The van der Waals surface area contributed by atoms with Crippen molar-refractivity contribution in [3.8, 4) is 17.1 Å². The number of unbranched alkanes of at least 4 members (excludes halogenated alkanes) is 1. The molecule has 0 fully saturated rings. The van der Waals surface area contributed by atoms with Crippen LogP contribution in [0.25, 0.3) is 22.6 Å². The first-order valence-corrected chi connectivity index (χ1v) is 9.36. The van der Waals surface area contributed by atoms with E-state index in [4.69, 9.17) is 0 Å². The van der Waals surface area contributed by atoms with Gasteiger partial charge in [0.2, 0.25) is 6.33 Å². The Hall–Kier alpha value is -3.15. The fraction of sp³-hybridized carbons (Fsp3) is 0.318. The molecule has 4 rings (SSSR count). The molecule has 4 aromatic rings. The molecule has 0 unspecified atom stereocenters. The van der Waals surface area contributed by atoms with Gasteiger partial charge < -0.3 is 4.90 Å². The third-order valence-electron chi connectivity index (χ3n) is 4.78. The molecule has 0 saturated carbocycles. The molecular formula is C22H29N6+. The molecule has 0 atom stereocenters. The van der Waals surface area contributed by atoms with Crippen molar-refractivity contribution in [2.45, 2.75) is 33.7 Å². The number of aromatic nitrogens is 5. The standard InChI is InChI=1S/C21H25N6.CH4/c1-4-5-13-25-14-19-7-6-8-21(26(19)16-25)20-15-27(23-22-20)18-11-9-17(10-12-18)24(2)3;/h6-12,14-16H,4-5,13H2,1-3H3;1H4/q+1;. The number of imidazole rings is 1.